The lowest BCUT2D eigenvalue weighted by molar-refractivity contribution is -0.134. The molecule has 4 nitrogen and oxygen atoms in total. The number of aliphatic hydroxyl groups is 1. The van der Waals surface area contributed by atoms with Crippen LogP contribution in [0.15, 0.2) is 0 Å². The minimum absolute atomic E-state index is 0.0703. The zero-order chi connectivity index (χ0) is 13.7. The van der Waals surface area contributed by atoms with Crippen molar-refractivity contribution in [2.45, 2.75) is 47.5 Å². The molecule has 0 rings (SSSR count). The first-order chi connectivity index (χ1) is 7.67. The van der Waals surface area contributed by atoms with Crippen molar-refractivity contribution < 1.29 is 14.7 Å². The lowest BCUT2D eigenvalue weighted by Gasteiger charge is -2.32. The van der Waals surface area contributed by atoms with Gasteiger partial charge in [-0.25, -0.2) is 0 Å². The fraction of sp³-hybridized carbons (Fsp3) is 0.846. The van der Waals surface area contributed by atoms with E-state index >= 15 is 0 Å². The van der Waals surface area contributed by atoms with Crippen LogP contribution in [-0.4, -0.2) is 29.9 Å². The maximum Gasteiger partial charge on any atom is 0.225 e. The Morgan fingerprint density at radius 2 is 1.65 bits per heavy atom. The van der Waals surface area contributed by atoms with Crippen LogP contribution < -0.4 is 5.32 Å². The highest BCUT2D eigenvalue weighted by Crippen LogP contribution is 2.35. The Balaban J connectivity index is 4.62. The number of amides is 1. The molecule has 4 heteroatoms. The Hall–Kier alpha value is -0.900. The van der Waals surface area contributed by atoms with Crippen molar-refractivity contribution in [3.05, 3.63) is 0 Å². The number of carbonyl (C=O) groups is 2. The van der Waals surface area contributed by atoms with Gasteiger partial charge in [0, 0.05) is 23.8 Å². The van der Waals surface area contributed by atoms with Crippen molar-refractivity contribution in [3.8, 4) is 0 Å². The van der Waals surface area contributed by atoms with Crippen LogP contribution in [0.2, 0.25) is 0 Å². The van der Waals surface area contributed by atoms with Gasteiger partial charge in [0.25, 0.3) is 0 Å². The summed E-state index contributed by atoms with van der Waals surface area (Å²) in [4.78, 5) is 23.7. The highest BCUT2D eigenvalue weighted by atomic mass is 16.3. The van der Waals surface area contributed by atoms with Crippen LogP contribution in [0.3, 0.4) is 0 Å². The number of hydrogen-bond donors (Lipinski definition) is 2. The van der Waals surface area contributed by atoms with E-state index in [1.54, 1.807) is 0 Å². The fourth-order valence-electron chi connectivity index (χ4n) is 2.17. The summed E-state index contributed by atoms with van der Waals surface area (Å²) in [5.41, 5.74) is -1.10. The third-order valence-electron chi connectivity index (χ3n) is 2.97. The predicted molar refractivity (Wildman–Crippen MR) is 67.6 cm³/mol. The van der Waals surface area contributed by atoms with Crippen LogP contribution in [0, 0.1) is 10.8 Å². The molecule has 0 saturated carbocycles. The molecule has 0 fully saturated rings. The molecule has 0 aliphatic carbocycles. The molecular weight excluding hydrogens is 218 g/mol. The van der Waals surface area contributed by atoms with Gasteiger partial charge in [-0.3, -0.25) is 9.59 Å². The lowest BCUT2D eigenvalue weighted by Crippen LogP contribution is -2.42. The van der Waals surface area contributed by atoms with Gasteiger partial charge in [-0.15, -0.1) is 0 Å². The van der Waals surface area contributed by atoms with Gasteiger partial charge in [-0.1, -0.05) is 34.6 Å². The van der Waals surface area contributed by atoms with Crippen molar-refractivity contribution in [1.82, 2.24) is 5.32 Å². The Morgan fingerprint density at radius 3 is 2.06 bits per heavy atom. The second-order valence-electron chi connectivity index (χ2n) is 5.70. The second kappa shape index (κ2) is 6.15. The molecule has 0 aliphatic rings. The molecule has 0 unspecified atom stereocenters. The topological polar surface area (TPSA) is 66.4 Å². The number of hydrogen-bond acceptors (Lipinski definition) is 3. The minimum Gasteiger partial charge on any atom is -0.395 e. The molecule has 17 heavy (non-hydrogen) atoms. The molecule has 0 atom stereocenters. The smallest absolute Gasteiger partial charge is 0.225 e. The highest BCUT2D eigenvalue weighted by molar-refractivity contribution is 5.86. The summed E-state index contributed by atoms with van der Waals surface area (Å²) in [6.45, 7) is 9.42. The average Bonchev–Trinajstić information content (AvgIpc) is 2.22. The molecule has 0 aromatic rings. The van der Waals surface area contributed by atoms with Crippen LogP contribution in [0.4, 0.5) is 0 Å². The van der Waals surface area contributed by atoms with Crippen LogP contribution in [0.1, 0.15) is 47.5 Å². The first-order valence-electron chi connectivity index (χ1n) is 6.10. The van der Waals surface area contributed by atoms with Crippen LogP contribution in [0.25, 0.3) is 0 Å². The zero-order valence-corrected chi connectivity index (χ0v) is 11.6. The Morgan fingerprint density at radius 1 is 1.12 bits per heavy atom. The molecule has 0 aromatic carbocycles. The molecule has 0 radical (unpaired) electrons. The molecule has 0 saturated heterocycles. The van der Waals surface area contributed by atoms with Crippen molar-refractivity contribution >= 4 is 11.7 Å². The molecule has 0 aliphatic heterocycles. The highest BCUT2D eigenvalue weighted by Gasteiger charge is 2.37. The number of Topliss-reactive ketones (excluding diaryl/α,β-unsaturated/α-hetero) is 1. The van der Waals surface area contributed by atoms with Gasteiger partial charge in [0.15, 0.2) is 0 Å². The second-order valence-corrected chi connectivity index (χ2v) is 5.70. The molecule has 0 bridgehead atoms. The molecule has 0 heterocycles. The maximum absolute atomic E-state index is 11.9. The van der Waals surface area contributed by atoms with Gasteiger partial charge >= 0.3 is 0 Å². The van der Waals surface area contributed by atoms with Gasteiger partial charge in [-0.05, 0) is 6.42 Å². The predicted octanol–water partition coefficient (Wildman–Crippen LogP) is 1.52. The third-order valence-corrected chi connectivity index (χ3v) is 2.97. The van der Waals surface area contributed by atoms with E-state index in [4.69, 9.17) is 5.11 Å². The van der Waals surface area contributed by atoms with Crippen molar-refractivity contribution in [3.63, 3.8) is 0 Å². The summed E-state index contributed by atoms with van der Waals surface area (Å²) in [6, 6.07) is 0. The monoisotopic (exact) mass is 243 g/mol. The van der Waals surface area contributed by atoms with E-state index in [0.717, 1.165) is 0 Å². The summed E-state index contributed by atoms with van der Waals surface area (Å²) >= 11 is 0. The third kappa shape index (κ3) is 4.86. The van der Waals surface area contributed by atoms with E-state index < -0.39 is 10.8 Å². The maximum atomic E-state index is 11.9. The van der Waals surface area contributed by atoms with Crippen molar-refractivity contribution in [1.29, 1.82) is 0 Å². The number of carbonyl (C=O) groups excluding carboxylic acids is 2. The molecule has 1 amide bonds. The normalized spacial score (nSPS) is 12.4. The summed E-state index contributed by atoms with van der Waals surface area (Å²) in [7, 11) is 0. The zero-order valence-electron chi connectivity index (χ0n) is 11.6. The SMILES string of the molecule is CCC(=O)C(C)(C)CC(C)(C)C(=O)NCCO. The Labute approximate surface area is 104 Å². The van der Waals surface area contributed by atoms with Crippen LogP contribution >= 0.6 is 0 Å². The van der Waals surface area contributed by atoms with Gasteiger partial charge in [-0.2, -0.15) is 0 Å². The van der Waals surface area contributed by atoms with Crippen molar-refractivity contribution in [2.75, 3.05) is 13.2 Å². The van der Waals surface area contributed by atoms with Crippen LogP contribution in [0.5, 0.6) is 0 Å². The largest absolute Gasteiger partial charge is 0.395 e. The summed E-state index contributed by atoms with van der Waals surface area (Å²) < 4.78 is 0. The van der Waals surface area contributed by atoms with Gasteiger partial charge in [0.05, 0.1) is 6.61 Å². The van der Waals surface area contributed by atoms with E-state index in [-0.39, 0.29) is 24.8 Å². The molecule has 0 spiro atoms. The molecular formula is C13H25NO3. The summed E-state index contributed by atoms with van der Waals surface area (Å²) in [5.74, 6) is 0.0454. The molecule has 2 N–H and O–H groups in total. The van der Waals surface area contributed by atoms with E-state index in [1.807, 2.05) is 34.6 Å². The standard InChI is InChI=1S/C13H25NO3/c1-6-10(16)12(2,3)9-13(4,5)11(17)14-7-8-15/h15H,6-9H2,1-5H3,(H,14,17). The van der Waals surface area contributed by atoms with Gasteiger partial charge in [0.2, 0.25) is 5.91 Å². The average molecular weight is 243 g/mol. The first kappa shape index (κ1) is 16.1. The first-order valence-corrected chi connectivity index (χ1v) is 6.10. The quantitative estimate of drug-likeness (QED) is 0.712. The van der Waals surface area contributed by atoms with Crippen molar-refractivity contribution in [2.24, 2.45) is 10.8 Å². The number of rotatable bonds is 7. The number of ketones is 1. The van der Waals surface area contributed by atoms with Gasteiger partial charge in [0.1, 0.15) is 5.78 Å². The van der Waals surface area contributed by atoms with Crippen LogP contribution in [-0.2, 0) is 9.59 Å². The van der Waals surface area contributed by atoms with E-state index in [1.165, 1.54) is 0 Å². The van der Waals surface area contributed by atoms with E-state index in [9.17, 15) is 9.59 Å². The number of nitrogens with one attached hydrogen (secondary N) is 1. The summed E-state index contributed by atoms with van der Waals surface area (Å²) in [5, 5.41) is 11.3. The Bertz CT molecular complexity index is 282. The number of aliphatic hydroxyl groups excluding tert-OH is 1. The lowest BCUT2D eigenvalue weighted by atomic mass is 9.72. The molecule has 0 aromatic heterocycles. The summed E-state index contributed by atoms with van der Waals surface area (Å²) in [6.07, 6.45) is 0.991. The fourth-order valence-corrected chi connectivity index (χ4v) is 2.17. The molecule has 100 valence electrons. The van der Waals surface area contributed by atoms with E-state index in [0.29, 0.717) is 12.8 Å². The van der Waals surface area contributed by atoms with E-state index in [2.05, 4.69) is 5.32 Å². The Kier molecular flexibility index (Phi) is 5.82. The minimum atomic E-state index is -0.608. The van der Waals surface area contributed by atoms with Gasteiger partial charge < -0.3 is 10.4 Å².